The van der Waals surface area contributed by atoms with Crippen LogP contribution in [0.25, 0.3) is 11.2 Å². The highest BCUT2D eigenvalue weighted by Crippen LogP contribution is 2.62. The monoisotopic (exact) mass is 306 g/mol. The molecule has 2 aromatic heterocycles. The van der Waals surface area contributed by atoms with Crippen molar-refractivity contribution in [2.24, 2.45) is 11.3 Å². The van der Waals surface area contributed by atoms with E-state index in [1.807, 2.05) is 12.3 Å². The summed E-state index contributed by atoms with van der Waals surface area (Å²) < 4.78 is 3.05. The molecule has 0 bridgehead atoms. The Balaban J connectivity index is 1.77. The first kappa shape index (κ1) is 10.8. The Morgan fingerprint density at radius 2 is 2.22 bits per heavy atom. The fourth-order valence-corrected chi connectivity index (χ4v) is 3.35. The van der Waals surface area contributed by atoms with Gasteiger partial charge in [0.25, 0.3) is 0 Å². The third-order valence-corrected chi connectivity index (χ3v) is 4.82. The van der Waals surface area contributed by atoms with Crippen molar-refractivity contribution < 1.29 is 0 Å². The van der Waals surface area contributed by atoms with E-state index in [0.717, 1.165) is 28.1 Å². The average Bonchev–Trinajstić information content (AvgIpc) is 3.20. The molecule has 0 spiro atoms. The Morgan fingerprint density at radius 3 is 2.89 bits per heavy atom. The van der Waals surface area contributed by atoms with Crippen LogP contribution in [0.2, 0.25) is 0 Å². The third-order valence-electron chi connectivity index (χ3n) is 4.39. The molecule has 4 nitrogen and oxygen atoms in total. The number of pyridine rings is 1. The molecule has 2 N–H and O–H groups in total. The molecule has 94 valence electrons. The zero-order valence-corrected chi connectivity index (χ0v) is 11.7. The highest BCUT2D eigenvalue weighted by Gasteiger charge is 2.54. The summed E-state index contributed by atoms with van der Waals surface area (Å²) in [6.07, 6.45) is 7.29. The number of nitrogens with zero attached hydrogens (tertiary/aromatic N) is 3. The van der Waals surface area contributed by atoms with E-state index in [-0.39, 0.29) is 0 Å². The van der Waals surface area contributed by atoms with Gasteiger partial charge in [-0.1, -0.05) is 0 Å². The summed E-state index contributed by atoms with van der Waals surface area (Å²) in [5.41, 5.74) is 8.37. The molecule has 2 aromatic rings. The Bertz CT molecular complexity index is 625. The van der Waals surface area contributed by atoms with Gasteiger partial charge >= 0.3 is 0 Å². The zero-order valence-electron chi connectivity index (χ0n) is 10.1. The van der Waals surface area contributed by atoms with Gasteiger partial charge in [0.15, 0.2) is 5.65 Å². The van der Waals surface area contributed by atoms with Crippen LogP contribution in [0.3, 0.4) is 0 Å². The fraction of sp³-hybridized carbons (Fsp3) is 0.538. The maximum Gasteiger partial charge on any atom is 0.202 e. The van der Waals surface area contributed by atoms with Crippen LogP contribution >= 0.6 is 15.9 Å². The molecule has 2 fully saturated rings. The molecule has 0 atom stereocenters. The zero-order chi connectivity index (χ0) is 12.3. The first-order chi connectivity index (χ1) is 8.68. The van der Waals surface area contributed by atoms with Crippen LogP contribution in [-0.2, 0) is 6.54 Å². The minimum Gasteiger partial charge on any atom is -0.369 e. The molecule has 18 heavy (non-hydrogen) atoms. The first-order valence-corrected chi connectivity index (χ1v) is 7.24. The van der Waals surface area contributed by atoms with Crippen molar-refractivity contribution in [2.75, 3.05) is 5.73 Å². The van der Waals surface area contributed by atoms with Gasteiger partial charge in [-0.05, 0) is 59.0 Å². The van der Waals surface area contributed by atoms with Crippen LogP contribution in [0.5, 0.6) is 0 Å². The number of imidazole rings is 1. The van der Waals surface area contributed by atoms with Gasteiger partial charge < -0.3 is 5.73 Å². The van der Waals surface area contributed by atoms with Crippen molar-refractivity contribution in [3.63, 3.8) is 0 Å². The summed E-state index contributed by atoms with van der Waals surface area (Å²) in [5.74, 6) is 1.52. The standard InChI is InChI=1S/C13H15BrN4/c14-9-5-10-11(16-6-9)18(12(15)17-10)7-13(3-4-13)8-1-2-8/h5-6,8H,1-4,7H2,(H2,15,17). The van der Waals surface area contributed by atoms with E-state index in [9.17, 15) is 0 Å². The molecular weight excluding hydrogens is 292 g/mol. The molecule has 2 heterocycles. The number of rotatable bonds is 3. The van der Waals surface area contributed by atoms with Crippen molar-refractivity contribution in [1.29, 1.82) is 0 Å². The quantitative estimate of drug-likeness (QED) is 0.948. The van der Waals surface area contributed by atoms with Crippen molar-refractivity contribution in [2.45, 2.75) is 32.2 Å². The second kappa shape index (κ2) is 3.47. The maximum atomic E-state index is 6.06. The van der Waals surface area contributed by atoms with Gasteiger partial charge in [-0.3, -0.25) is 4.57 Å². The molecular formula is C13H15BrN4. The predicted octanol–water partition coefficient (Wildman–Crippen LogP) is 2.97. The van der Waals surface area contributed by atoms with Crippen molar-refractivity contribution in [3.8, 4) is 0 Å². The second-order valence-electron chi connectivity index (χ2n) is 5.69. The van der Waals surface area contributed by atoms with E-state index >= 15 is 0 Å². The van der Waals surface area contributed by atoms with Gasteiger partial charge in [-0.2, -0.15) is 0 Å². The van der Waals surface area contributed by atoms with Crippen LogP contribution in [0.1, 0.15) is 25.7 Å². The number of halogens is 1. The van der Waals surface area contributed by atoms with E-state index in [1.54, 1.807) is 0 Å². The summed E-state index contributed by atoms with van der Waals surface area (Å²) in [4.78, 5) is 8.88. The molecule has 2 aliphatic rings. The van der Waals surface area contributed by atoms with Crippen LogP contribution in [-0.4, -0.2) is 14.5 Å². The van der Waals surface area contributed by atoms with Gasteiger partial charge in [-0.15, -0.1) is 0 Å². The lowest BCUT2D eigenvalue weighted by Crippen LogP contribution is -2.16. The van der Waals surface area contributed by atoms with Gasteiger partial charge in [0.2, 0.25) is 5.95 Å². The van der Waals surface area contributed by atoms with Crippen LogP contribution in [0, 0.1) is 11.3 Å². The normalized spacial score (nSPS) is 21.4. The van der Waals surface area contributed by atoms with E-state index in [1.165, 1.54) is 25.7 Å². The molecule has 2 saturated carbocycles. The minimum atomic E-state index is 0.510. The Morgan fingerprint density at radius 1 is 1.44 bits per heavy atom. The predicted molar refractivity (Wildman–Crippen MR) is 74.0 cm³/mol. The summed E-state index contributed by atoms with van der Waals surface area (Å²) in [6.45, 7) is 0.995. The molecule has 0 radical (unpaired) electrons. The molecule has 0 aromatic carbocycles. The molecule has 2 aliphatic carbocycles. The molecule has 5 heteroatoms. The van der Waals surface area contributed by atoms with Crippen molar-refractivity contribution in [3.05, 3.63) is 16.7 Å². The summed E-state index contributed by atoms with van der Waals surface area (Å²) in [7, 11) is 0. The van der Waals surface area contributed by atoms with Gasteiger partial charge in [0.1, 0.15) is 5.52 Å². The summed E-state index contributed by atoms with van der Waals surface area (Å²) in [6, 6.07) is 1.98. The van der Waals surface area contributed by atoms with E-state index in [0.29, 0.717) is 11.4 Å². The maximum absolute atomic E-state index is 6.06. The first-order valence-electron chi connectivity index (χ1n) is 6.45. The number of hydrogen-bond acceptors (Lipinski definition) is 3. The van der Waals surface area contributed by atoms with Gasteiger partial charge in [0.05, 0.1) is 0 Å². The second-order valence-corrected chi connectivity index (χ2v) is 6.60. The van der Waals surface area contributed by atoms with Crippen LogP contribution in [0.15, 0.2) is 16.7 Å². The lowest BCUT2D eigenvalue weighted by atomic mass is 10.0. The molecule has 0 amide bonds. The fourth-order valence-electron chi connectivity index (χ4n) is 3.03. The van der Waals surface area contributed by atoms with E-state index in [2.05, 4.69) is 30.5 Å². The number of nitrogen functional groups attached to an aromatic ring is 1. The number of hydrogen-bond donors (Lipinski definition) is 1. The summed E-state index contributed by atoms with van der Waals surface area (Å²) in [5, 5.41) is 0. The number of aromatic nitrogens is 3. The van der Waals surface area contributed by atoms with Gasteiger partial charge in [0, 0.05) is 17.2 Å². The number of nitrogens with two attached hydrogens (primary N) is 1. The number of fused-ring (bicyclic) bond motifs is 1. The third kappa shape index (κ3) is 1.56. The number of anilines is 1. The lowest BCUT2D eigenvalue weighted by molar-refractivity contribution is 0.376. The Labute approximate surface area is 114 Å². The summed E-state index contributed by atoms with van der Waals surface area (Å²) >= 11 is 3.42. The topological polar surface area (TPSA) is 56.7 Å². The Kier molecular flexibility index (Phi) is 2.08. The van der Waals surface area contributed by atoms with Crippen molar-refractivity contribution in [1.82, 2.24) is 14.5 Å². The molecule has 4 rings (SSSR count). The molecule has 0 aliphatic heterocycles. The van der Waals surface area contributed by atoms with E-state index < -0.39 is 0 Å². The molecule has 0 saturated heterocycles. The van der Waals surface area contributed by atoms with Gasteiger partial charge in [-0.25, -0.2) is 9.97 Å². The highest BCUT2D eigenvalue weighted by molar-refractivity contribution is 9.10. The smallest absolute Gasteiger partial charge is 0.202 e. The average molecular weight is 307 g/mol. The van der Waals surface area contributed by atoms with Crippen molar-refractivity contribution >= 4 is 33.0 Å². The van der Waals surface area contributed by atoms with Crippen LogP contribution < -0.4 is 5.73 Å². The van der Waals surface area contributed by atoms with Crippen LogP contribution in [0.4, 0.5) is 5.95 Å². The highest BCUT2D eigenvalue weighted by atomic mass is 79.9. The Hall–Kier alpha value is -1.10. The SMILES string of the molecule is Nc1nc2cc(Br)cnc2n1CC1(C2CC2)CC1. The minimum absolute atomic E-state index is 0.510. The lowest BCUT2D eigenvalue weighted by Gasteiger charge is -2.15. The largest absolute Gasteiger partial charge is 0.369 e. The molecule has 0 unspecified atom stereocenters. The van der Waals surface area contributed by atoms with E-state index in [4.69, 9.17) is 5.73 Å².